The summed E-state index contributed by atoms with van der Waals surface area (Å²) in [5.74, 6) is -0.533. The van der Waals surface area contributed by atoms with Crippen molar-refractivity contribution in [1.82, 2.24) is 9.55 Å². The molecule has 0 aliphatic heterocycles. The van der Waals surface area contributed by atoms with E-state index in [1.165, 1.54) is 7.05 Å². The molecule has 2 rings (SSSR count). The summed E-state index contributed by atoms with van der Waals surface area (Å²) >= 11 is 3.28. The number of azo groups is 1. The van der Waals surface area contributed by atoms with Gasteiger partial charge in [-0.05, 0) is 24.3 Å². The molecule has 8 heteroatoms. The van der Waals surface area contributed by atoms with Crippen LogP contribution in [0.4, 0.5) is 11.4 Å². The lowest BCUT2D eigenvalue weighted by atomic mass is 10.3. The van der Waals surface area contributed by atoms with Crippen LogP contribution in [0.3, 0.4) is 0 Å². The number of benzene rings is 1. The van der Waals surface area contributed by atoms with Crippen molar-refractivity contribution in [3.63, 3.8) is 0 Å². The zero-order valence-electron chi connectivity index (χ0n) is 9.79. The zero-order valence-corrected chi connectivity index (χ0v) is 11.4. The third-order valence-electron chi connectivity index (χ3n) is 2.36. The highest BCUT2D eigenvalue weighted by Crippen LogP contribution is 2.22. The van der Waals surface area contributed by atoms with E-state index in [4.69, 9.17) is 0 Å². The van der Waals surface area contributed by atoms with Crippen LogP contribution < -0.4 is 11.2 Å². The molecule has 1 aromatic carbocycles. The minimum Gasteiger partial charge on any atom is -0.493 e. The van der Waals surface area contributed by atoms with E-state index in [0.29, 0.717) is 5.69 Å². The van der Waals surface area contributed by atoms with E-state index < -0.39 is 17.1 Å². The van der Waals surface area contributed by atoms with Gasteiger partial charge in [-0.2, -0.15) is 5.11 Å². The quantitative estimate of drug-likeness (QED) is 0.826. The number of aromatic nitrogens is 2. The van der Waals surface area contributed by atoms with Gasteiger partial charge in [0, 0.05) is 11.5 Å². The SMILES string of the molecule is Cn1c(O)c(N=Nc2ccc(Br)cc2)c(=O)[nH]c1=O. The molecule has 0 fully saturated rings. The number of hydrogen-bond donors (Lipinski definition) is 2. The Morgan fingerprint density at radius 3 is 2.47 bits per heavy atom. The molecule has 0 spiro atoms. The van der Waals surface area contributed by atoms with Gasteiger partial charge in [0.1, 0.15) is 0 Å². The van der Waals surface area contributed by atoms with Gasteiger partial charge in [-0.15, -0.1) is 5.11 Å². The summed E-state index contributed by atoms with van der Waals surface area (Å²) in [6, 6.07) is 6.89. The molecule has 0 saturated heterocycles. The molecule has 7 nitrogen and oxygen atoms in total. The number of nitrogens with zero attached hydrogens (tertiary/aromatic N) is 3. The Morgan fingerprint density at radius 2 is 1.84 bits per heavy atom. The molecule has 0 atom stereocenters. The number of nitrogens with one attached hydrogen (secondary N) is 1. The molecule has 2 aromatic rings. The van der Waals surface area contributed by atoms with Crippen LogP contribution in [-0.4, -0.2) is 14.7 Å². The van der Waals surface area contributed by atoms with Crippen molar-refractivity contribution < 1.29 is 5.11 Å². The van der Waals surface area contributed by atoms with E-state index in [1.807, 2.05) is 4.98 Å². The van der Waals surface area contributed by atoms with Gasteiger partial charge in [0.05, 0.1) is 5.69 Å². The Kier molecular flexibility index (Phi) is 3.61. The Hall–Kier alpha value is -2.22. The molecule has 2 N–H and O–H groups in total. The van der Waals surface area contributed by atoms with E-state index in [1.54, 1.807) is 24.3 Å². The van der Waals surface area contributed by atoms with Crippen molar-refractivity contribution in [3.8, 4) is 5.88 Å². The average Bonchev–Trinajstić information content (AvgIpc) is 2.38. The van der Waals surface area contributed by atoms with E-state index in [0.717, 1.165) is 9.04 Å². The standard InChI is InChI=1S/C11H9BrN4O3/c1-16-10(18)8(9(17)13-11(16)19)15-14-7-4-2-6(12)3-5-7/h2-5,18H,1H3,(H,13,17,19). The number of aromatic amines is 1. The van der Waals surface area contributed by atoms with Gasteiger partial charge in [-0.1, -0.05) is 15.9 Å². The molecule has 1 aromatic heterocycles. The lowest BCUT2D eigenvalue weighted by molar-refractivity contribution is 0.419. The predicted octanol–water partition coefficient (Wildman–Crippen LogP) is 1.96. The second-order valence-electron chi connectivity index (χ2n) is 3.67. The second kappa shape index (κ2) is 5.19. The number of rotatable bonds is 2. The first-order valence-electron chi connectivity index (χ1n) is 5.18. The third kappa shape index (κ3) is 2.79. The van der Waals surface area contributed by atoms with Gasteiger partial charge in [-0.25, -0.2) is 4.79 Å². The summed E-state index contributed by atoms with van der Waals surface area (Å²) in [4.78, 5) is 24.7. The summed E-state index contributed by atoms with van der Waals surface area (Å²) < 4.78 is 1.76. The summed E-state index contributed by atoms with van der Waals surface area (Å²) in [5, 5.41) is 17.1. The highest BCUT2D eigenvalue weighted by molar-refractivity contribution is 9.10. The normalized spacial score (nSPS) is 11.1. The molecule has 0 saturated carbocycles. The van der Waals surface area contributed by atoms with E-state index >= 15 is 0 Å². The Balaban J connectivity index is 2.44. The molecular weight excluding hydrogens is 316 g/mol. The van der Waals surface area contributed by atoms with Crippen molar-refractivity contribution >= 4 is 27.3 Å². The van der Waals surface area contributed by atoms with Gasteiger partial charge in [0.25, 0.3) is 5.56 Å². The average molecular weight is 325 g/mol. The van der Waals surface area contributed by atoms with E-state index in [2.05, 4.69) is 26.2 Å². The molecule has 19 heavy (non-hydrogen) atoms. The summed E-state index contributed by atoms with van der Waals surface area (Å²) in [6.07, 6.45) is 0. The van der Waals surface area contributed by atoms with Crippen LogP contribution in [-0.2, 0) is 7.05 Å². The summed E-state index contributed by atoms with van der Waals surface area (Å²) in [5.41, 5.74) is -1.31. The minimum absolute atomic E-state index is 0.315. The van der Waals surface area contributed by atoms with E-state index in [-0.39, 0.29) is 5.69 Å². The topological polar surface area (TPSA) is 99.8 Å². The summed E-state index contributed by atoms with van der Waals surface area (Å²) in [6.45, 7) is 0. The molecule has 0 aliphatic carbocycles. The lowest BCUT2D eigenvalue weighted by Crippen LogP contribution is -2.27. The maximum Gasteiger partial charge on any atom is 0.330 e. The van der Waals surface area contributed by atoms with Crippen LogP contribution >= 0.6 is 15.9 Å². The maximum atomic E-state index is 11.5. The number of halogens is 1. The van der Waals surface area contributed by atoms with Crippen LogP contribution in [0.2, 0.25) is 0 Å². The Labute approximate surface area is 115 Å². The third-order valence-corrected chi connectivity index (χ3v) is 2.89. The predicted molar refractivity (Wildman–Crippen MR) is 72.3 cm³/mol. The highest BCUT2D eigenvalue weighted by Gasteiger charge is 2.10. The van der Waals surface area contributed by atoms with Crippen molar-refractivity contribution in [1.29, 1.82) is 0 Å². The zero-order chi connectivity index (χ0) is 14.0. The molecule has 98 valence electrons. The summed E-state index contributed by atoms with van der Waals surface area (Å²) in [7, 11) is 1.31. The molecule has 0 bridgehead atoms. The minimum atomic E-state index is -0.790. The Morgan fingerprint density at radius 1 is 1.21 bits per heavy atom. The van der Waals surface area contributed by atoms with Crippen molar-refractivity contribution in [2.75, 3.05) is 0 Å². The fourth-order valence-corrected chi connectivity index (χ4v) is 1.57. The first kappa shape index (κ1) is 13.2. The van der Waals surface area contributed by atoms with Crippen molar-refractivity contribution in [3.05, 3.63) is 49.6 Å². The second-order valence-corrected chi connectivity index (χ2v) is 4.58. The van der Waals surface area contributed by atoms with E-state index in [9.17, 15) is 14.7 Å². The Bertz CT molecular complexity index is 746. The molecular formula is C11H9BrN4O3. The van der Waals surface area contributed by atoms with Crippen LogP contribution in [0.15, 0.2) is 48.6 Å². The fourth-order valence-electron chi connectivity index (χ4n) is 1.30. The highest BCUT2D eigenvalue weighted by atomic mass is 79.9. The van der Waals surface area contributed by atoms with Gasteiger partial charge in [-0.3, -0.25) is 14.3 Å². The van der Waals surface area contributed by atoms with Gasteiger partial charge in [0.15, 0.2) is 0 Å². The number of hydrogen-bond acceptors (Lipinski definition) is 5. The number of aromatic hydroxyl groups is 1. The molecule has 0 aliphatic rings. The van der Waals surface area contributed by atoms with Crippen LogP contribution in [0.5, 0.6) is 5.88 Å². The monoisotopic (exact) mass is 324 g/mol. The number of H-pyrrole nitrogens is 1. The van der Waals surface area contributed by atoms with Crippen molar-refractivity contribution in [2.45, 2.75) is 0 Å². The molecule has 1 heterocycles. The first-order valence-corrected chi connectivity index (χ1v) is 5.98. The molecule has 0 amide bonds. The van der Waals surface area contributed by atoms with Gasteiger partial charge >= 0.3 is 5.69 Å². The van der Waals surface area contributed by atoms with Gasteiger partial charge in [0.2, 0.25) is 11.6 Å². The first-order chi connectivity index (χ1) is 8.99. The van der Waals surface area contributed by atoms with Gasteiger partial charge < -0.3 is 5.11 Å². The molecule has 0 unspecified atom stereocenters. The van der Waals surface area contributed by atoms with Crippen LogP contribution in [0, 0.1) is 0 Å². The smallest absolute Gasteiger partial charge is 0.330 e. The fraction of sp³-hybridized carbons (Fsp3) is 0.0909. The molecule has 0 radical (unpaired) electrons. The largest absolute Gasteiger partial charge is 0.493 e. The van der Waals surface area contributed by atoms with Crippen LogP contribution in [0.1, 0.15) is 0 Å². The lowest BCUT2D eigenvalue weighted by Gasteiger charge is -2.01. The van der Waals surface area contributed by atoms with Crippen LogP contribution in [0.25, 0.3) is 0 Å². The maximum absolute atomic E-state index is 11.5. The van der Waals surface area contributed by atoms with Crippen molar-refractivity contribution in [2.24, 2.45) is 17.3 Å².